The van der Waals surface area contributed by atoms with E-state index in [2.05, 4.69) is 28.2 Å². The molecule has 142 valence electrons. The molecule has 1 fully saturated rings. The molecular formula is C20H25N5O2. The topological polar surface area (TPSA) is 95.1 Å². The Hall–Kier alpha value is -2.72. The number of nitro benzene ring substituents is 1. The lowest BCUT2D eigenvalue weighted by Gasteiger charge is -2.33. The molecule has 2 aromatic rings. The molecular weight excluding hydrogens is 342 g/mol. The first-order chi connectivity index (χ1) is 13.1. The van der Waals surface area contributed by atoms with Crippen LogP contribution in [0.2, 0.25) is 0 Å². The maximum absolute atomic E-state index is 10.9. The number of fused-ring (bicyclic) bond motifs is 1. The highest BCUT2D eigenvalue weighted by Gasteiger charge is 2.17. The quantitative estimate of drug-likeness (QED) is 0.450. The molecule has 7 nitrogen and oxygen atoms in total. The molecule has 1 aliphatic rings. The molecule has 0 bridgehead atoms. The van der Waals surface area contributed by atoms with Gasteiger partial charge >= 0.3 is 0 Å². The average molecular weight is 367 g/mol. The molecule has 0 saturated carbocycles. The van der Waals surface area contributed by atoms with Crippen LogP contribution in [0.25, 0.3) is 10.9 Å². The lowest BCUT2D eigenvalue weighted by Crippen LogP contribution is -2.38. The normalized spacial score (nSPS) is 17.6. The van der Waals surface area contributed by atoms with Crippen LogP contribution >= 0.6 is 0 Å². The van der Waals surface area contributed by atoms with E-state index in [4.69, 9.17) is 0 Å². The molecule has 1 aliphatic heterocycles. The second-order valence-electron chi connectivity index (χ2n) is 7.14. The molecule has 3 rings (SSSR count). The smallest absolute Gasteiger partial charge is 0.270 e. The zero-order valence-electron chi connectivity index (χ0n) is 15.6. The van der Waals surface area contributed by atoms with Gasteiger partial charge in [0.05, 0.1) is 22.1 Å². The number of nitriles is 1. The predicted molar refractivity (Wildman–Crippen MR) is 106 cm³/mol. The number of nitrogens with one attached hydrogen (secondary N) is 1. The highest BCUT2D eigenvalue weighted by atomic mass is 16.6. The zero-order valence-corrected chi connectivity index (χ0v) is 15.6. The molecule has 27 heavy (non-hydrogen) atoms. The third-order valence-electron chi connectivity index (χ3n) is 5.24. The van der Waals surface area contributed by atoms with E-state index in [0.717, 1.165) is 25.9 Å². The van der Waals surface area contributed by atoms with E-state index in [-0.39, 0.29) is 5.69 Å². The van der Waals surface area contributed by atoms with Crippen LogP contribution in [0.1, 0.15) is 44.6 Å². The maximum atomic E-state index is 10.9. The number of unbranched alkanes of at least 4 members (excludes halogenated alkanes) is 1. The molecule has 1 aromatic heterocycles. The second-order valence-corrected chi connectivity index (χ2v) is 7.14. The van der Waals surface area contributed by atoms with Crippen molar-refractivity contribution < 1.29 is 4.92 Å². The van der Waals surface area contributed by atoms with Gasteiger partial charge in [-0.2, -0.15) is 5.26 Å². The number of non-ortho nitro benzene ring substituents is 1. The van der Waals surface area contributed by atoms with Gasteiger partial charge in [-0.3, -0.25) is 10.1 Å². The fraction of sp³-hybridized carbons (Fsp3) is 0.500. The predicted octanol–water partition coefficient (Wildman–Crippen LogP) is 4.08. The van der Waals surface area contributed by atoms with Crippen LogP contribution in [0.5, 0.6) is 0 Å². The maximum Gasteiger partial charge on any atom is 0.270 e. The summed E-state index contributed by atoms with van der Waals surface area (Å²) in [6.07, 6.45) is 6.11. The van der Waals surface area contributed by atoms with Crippen molar-refractivity contribution in [2.24, 2.45) is 0 Å². The van der Waals surface area contributed by atoms with Gasteiger partial charge in [0.1, 0.15) is 5.82 Å². The second kappa shape index (κ2) is 8.78. The minimum Gasteiger partial charge on any atom is -0.370 e. The first-order valence-electron chi connectivity index (χ1n) is 9.55. The van der Waals surface area contributed by atoms with Crippen molar-refractivity contribution in [2.75, 3.05) is 25.0 Å². The summed E-state index contributed by atoms with van der Waals surface area (Å²) in [5, 5.41) is 24.1. The van der Waals surface area contributed by atoms with Gasteiger partial charge in [0.25, 0.3) is 5.69 Å². The fourth-order valence-electron chi connectivity index (χ4n) is 3.66. The number of aromatic nitrogens is 1. The highest BCUT2D eigenvalue weighted by Crippen LogP contribution is 2.25. The standard InChI is InChI=1S/C20H25N5O2/c1-15-6-2-4-10-24(15)11-5-3-9-22-20-12-16(14-21)18-13-17(25(26)27)7-8-19(18)23-20/h7-8,12-13,15H,2-6,9-11H2,1H3,(H,22,23). The van der Waals surface area contributed by atoms with Crippen LogP contribution < -0.4 is 5.32 Å². The Morgan fingerprint density at radius 1 is 1.37 bits per heavy atom. The molecule has 0 amide bonds. The largest absolute Gasteiger partial charge is 0.370 e. The third-order valence-corrected chi connectivity index (χ3v) is 5.24. The van der Waals surface area contributed by atoms with Crippen LogP contribution in [0, 0.1) is 21.4 Å². The molecule has 1 aromatic carbocycles. The van der Waals surface area contributed by atoms with Crippen molar-refractivity contribution in [2.45, 2.75) is 45.1 Å². The highest BCUT2D eigenvalue weighted by molar-refractivity contribution is 5.88. The Morgan fingerprint density at radius 3 is 2.96 bits per heavy atom. The molecule has 0 spiro atoms. The van der Waals surface area contributed by atoms with Crippen LogP contribution in [-0.4, -0.2) is 40.5 Å². The number of nitro groups is 1. The molecule has 1 unspecified atom stereocenters. The summed E-state index contributed by atoms with van der Waals surface area (Å²) in [6.45, 7) is 5.43. The van der Waals surface area contributed by atoms with Crippen LogP contribution in [0.3, 0.4) is 0 Å². The molecule has 7 heteroatoms. The van der Waals surface area contributed by atoms with Crippen LogP contribution in [0.4, 0.5) is 11.5 Å². The molecule has 1 N–H and O–H groups in total. The minimum atomic E-state index is -0.462. The number of likely N-dealkylation sites (tertiary alicyclic amines) is 1. The van der Waals surface area contributed by atoms with Crippen LogP contribution in [0.15, 0.2) is 24.3 Å². The minimum absolute atomic E-state index is 0.0338. The Morgan fingerprint density at radius 2 is 2.22 bits per heavy atom. The number of piperidine rings is 1. The van der Waals surface area contributed by atoms with Crippen molar-refractivity contribution in [1.29, 1.82) is 5.26 Å². The number of hydrogen-bond acceptors (Lipinski definition) is 6. The Kier molecular flexibility index (Phi) is 6.20. The van der Waals surface area contributed by atoms with E-state index >= 15 is 0 Å². The summed E-state index contributed by atoms with van der Waals surface area (Å²) in [4.78, 5) is 17.5. The Balaban J connectivity index is 1.58. The first-order valence-corrected chi connectivity index (χ1v) is 9.55. The van der Waals surface area contributed by atoms with Crippen molar-refractivity contribution in [3.63, 3.8) is 0 Å². The van der Waals surface area contributed by atoms with Gasteiger partial charge in [0.15, 0.2) is 0 Å². The number of benzene rings is 1. The third kappa shape index (κ3) is 4.72. The van der Waals surface area contributed by atoms with Gasteiger partial charge in [-0.15, -0.1) is 0 Å². The van der Waals surface area contributed by atoms with E-state index in [9.17, 15) is 15.4 Å². The van der Waals surface area contributed by atoms with Gasteiger partial charge in [-0.25, -0.2) is 4.98 Å². The van der Waals surface area contributed by atoms with E-state index in [1.165, 1.54) is 37.9 Å². The van der Waals surface area contributed by atoms with E-state index < -0.39 is 4.92 Å². The van der Waals surface area contributed by atoms with Gasteiger partial charge in [-0.1, -0.05) is 6.42 Å². The van der Waals surface area contributed by atoms with Crippen molar-refractivity contribution in [3.05, 3.63) is 39.9 Å². The number of rotatable bonds is 7. The lowest BCUT2D eigenvalue weighted by molar-refractivity contribution is -0.384. The summed E-state index contributed by atoms with van der Waals surface area (Å²) >= 11 is 0. The van der Waals surface area contributed by atoms with Gasteiger partial charge in [0.2, 0.25) is 0 Å². The molecule has 2 heterocycles. The summed E-state index contributed by atoms with van der Waals surface area (Å²) < 4.78 is 0. The molecule has 1 atom stereocenters. The fourth-order valence-corrected chi connectivity index (χ4v) is 3.66. The van der Waals surface area contributed by atoms with Crippen molar-refractivity contribution in [3.8, 4) is 6.07 Å². The average Bonchev–Trinajstić information content (AvgIpc) is 2.68. The van der Waals surface area contributed by atoms with Crippen molar-refractivity contribution in [1.82, 2.24) is 9.88 Å². The summed E-state index contributed by atoms with van der Waals surface area (Å²) in [5.41, 5.74) is 0.950. The first kappa shape index (κ1) is 19.1. The summed E-state index contributed by atoms with van der Waals surface area (Å²) in [5.74, 6) is 0.638. The van der Waals surface area contributed by atoms with E-state index in [0.29, 0.717) is 28.3 Å². The van der Waals surface area contributed by atoms with E-state index in [1.54, 1.807) is 12.1 Å². The van der Waals surface area contributed by atoms with Crippen LogP contribution in [-0.2, 0) is 0 Å². The molecule has 0 aliphatic carbocycles. The number of hydrogen-bond donors (Lipinski definition) is 1. The van der Waals surface area contributed by atoms with Gasteiger partial charge in [-0.05, 0) is 57.8 Å². The molecule has 0 radical (unpaired) electrons. The number of anilines is 1. The Labute approximate surface area is 159 Å². The summed E-state index contributed by atoms with van der Waals surface area (Å²) in [7, 11) is 0. The van der Waals surface area contributed by atoms with Gasteiger partial charge < -0.3 is 10.2 Å². The van der Waals surface area contributed by atoms with Gasteiger partial charge in [0, 0.05) is 30.1 Å². The molecule has 1 saturated heterocycles. The Bertz CT molecular complexity index is 861. The summed E-state index contributed by atoms with van der Waals surface area (Å²) in [6, 6.07) is 8.89. The SMILES string of the molecule is CC1CCCCN1CCCCNc1cc(C#N)c2cc([N+](=O)[O-])ccc2n1. The van der Waals surface area contributed by atoms with E-state index in [1.807, 2.05) is 0 Å². The lowest BCUT2D eigenvalue weighted by atomic mass is 10.0. The monoisotopic (exact) mass is 367 g/mol. The number of pyridine rings is 1. The number of nitrogens with zero attached hydrogens (tertiary/aromatic N) is 4. The zero-order chi connectivity index (χ0) is 19.2. The van der Waals surface area contributed by atoms with Crippen molar-refractivity contribution >= 4 is 22.4 Å².